The number of nitrogens with two attached hydrogens (primary N) is 1. The second-order valence-electron chi connectivity index (χ2n) is 3.71. The maximum atomic E-state index is 13.2. The van der Waals surface area contributed by atoms with Gasteiger partial charge in [-0.15, -0.1) is 0 Å². The lowest BCUT2D eigenvalue weighted by Crippen LogP contribution is -2.28. The molecule has 0 fully saturated rings. The number of carbonyl (C=O) groups is 1. The van der Waals surface area contributed by atoms with Gasteiger partial charge in [-0.05, 0) is 12.5 Å². The molecule has 1 atom stereocenters. The second kappa shape index (κ2) is 6.20. The van der Waals surface area contributed by atoms with Crippen molar-refractivity contribution < 1.29 is 13.9 Å². The molecule has 1 unspecified atom stereocenters. The highest BCUT2D eigenvalue weighted by Crippen LogP contribution is 2.20. The summed E-state index contributed by atoms with van der Waals surface area (Å²) < 4.78 is 18.1. The number of benzene rings is 1. The van der Waals surface area contributed by atoms with Crippen molar-refractivity contribution in [3.05, 3.63) is 24.0 Å². The van der Waals surface area contributed by atoms with E-state index in [0.717, 1.165) is 0 Å². The van der Waals surface area contributed by atoms with E-state index in [-0.39, 0.29) is 18.4 Å². The molecular weight excluding hydrogens is 223 g/mol. The Labute approximate surface area is 100.0 Å². The summed E-state index contributed by atoms with van der Waals surface area (Å²) in [5.74, 6) is -0.562. The molecule has 0 aliphatic rings. The van der Waals surface area contributed by atoms with Gasteiger partial charge in [0.1, 0.15) is 11.6 Å². The maximum Gasteiger partial charge on any atom is 0.228 e. The molecule has 94 valence electrons. The number of hydrogen-bond donors (Lipinski definition) is 2. The monoisotopic (exact) mass is 240 g/mol. The van der Waals surface area contributed by atoms with E-state index >= 15 is 0 Å². The van der Waals surface area contributed by atoms with Crippen LogP contribution >= 0.6 is 0 Å². The van der Waals surface area contributed by atoms with Crippen molar-refractivity contribution >= 4 is 11.6 Å². The van der Waals surface area contributed by atoms with Gasteiger partial charge in [-0.2, -0.15) is 0 Å². The fourth-order valence-corrected chi connectivity index (χ4v) is 1.46. The van der Waals surface area contributed by atoms with Crippen molar-refractivity contribution in [2.24, 2.45) is 11.7 Å². The van der Waals surface area contributed by atoms with Gasteiger partial charge in [0.05, 0.1) is 13.0 Å². The Hall–Kier alpha value is -1.62. The number of methoxy groups -OCH3 is 1. The Bertz CT molecular complexity index is 392. The van der Waals surface area contributed by atoms with Crippen LogP contribution in [0.4, 0.5) is 10.1 Å². The number of halogens is 1. The summed E-state index contributed by atoms with van der Waals surface area (Å²) in [6.07, 6.45) is 0.648. The van der Waals surface area contributed by atoms with E-state index in [0.29, 0.717) is 17.9 Å². The van der Waals surface area contributed by atoms with Crippen molar-refractivity contribution in [3.63, 3.8) is 0 Å². The predicted molar refractivity (Wildman–Crippen MR) is 64.4 cm³/mol. The molecule has 0 heterocycles. The third kappa shape index (κ3) is 3.71. The first-order valence-electron chi connectivity index (χ1n) is 5.46. The Morgan fingerprint density at radius 2 is 2.24 bits per heavy atom. The molecule has 17 heavy (non-hydrogen) atoms. The molecule has 0 spiro atoms. The third-order valence-corrected chi connectivity index (χ3v) is 2.52. The summed E-state index contributed by atoms with van der Waals surface area (Å²) in [6, 6.07) is 4.05. The molecule has 1 aromatic carbocycles. The zero-order chi connectivity index (χ0) is 12.8. The molecule has 0 aliphatic carbocycles. The molecule has 1 amide bonds. The third-order valence-electron chi connectivity index (χ3n) is 2.52. The lowest BCUT2D eigenvalue weighted by molar-refractivity contribution is -0.119. The van der Waals surface area contributed by atoms with Crippen LogP contribution in [0.1, 0.15) is 13.3 Å². The van der Waals surface area contributed by atoms with Crippen LogP contribution in [0.25, 0.3) is 0 Å². The highest BCUT2D eigenvalue weighted by Gasteiger charge is 2.15. The van der Waals surface area contributed by atoms with Gasteiger partial charge in [0.2, 0.25) is 5.91 Å². The van der Waals surface area contributed by atoms with Gasteiger partial charge in [-0.3, -0.25) is 4.79 Å². The summed E-state index contributed by atoms with van der Waals surface area (Å²) >= 11 is 0. The summed E-state index contributed by atoms with van der Waals surface area (Å²) in [7, 11) is 1.44. The van der Waals surface area contributed by atoms with Crippen molar-refractivity contribution in [1.82, 2.24) is 0 Å². The lowest BCUT2D eigenvalue weighted by Gasteiger charge is -2.13. The standard InChI is InChI=1S/C12H17FN2O2/c1-3-8(7-14)12(16)15-10-4-9(13)5-11(6-10)17-2/h4-6,8H,3,7,14H2,1-2H3,(H,15,16). The van der Waals surface area contributed by atoms with Crippen LogP contribution in [0.5, 0.6) is 5.75 Å². The second-order valence-corrected chi connectivity index (χ2v) is 3.71. The predicted octanol–water partition coefficient (Wildman–Crippen LogP) is 1.76. The Kier molecular flexibility index (Phi) is 4.90. The topological polar surface area (TPSA) is 64.4 Å². The minimum absolute atomic E-state index is 0.206. The summed E-state index contributed by atoms with van der Waals surface area (Å²) in [6.45, 7) is 2.15. The number of amides is 1. The largest absolute Gasteiger partial charge is 0.497 e. The number of nitrogens with one attached hydrogen (secondary N) is 1. The Balaban J connectivity index is 2.80. The molecular formula is C12H17FN2O2. The quantitative estimate of drug-likeness (QED) is 0.824. The molecule has 0 saturated heterocycles. The van der Waals surface area contributed by atoms with Gasteiger partial charge >= 0.3 is 0 Å². The van der Waals surface area contributed by atoms with E-state index in [2.05, 4.69) is 5.32 Å². The van der Waals surface area contributed by atoms with E-state index in [1.165, 1.54) is 19.2 Å². The number of ether oxygens (including phenoxy) is 1. The first-order chi connectivity index (χ1) is 8.10. The summed E-state index contributed by atoms with van der Waals surface area (Å²) in [5, 5.41) is 2.62. The molecule has 0 aliphatic heterocycles. The van der Waals surface area contributed by atoms with Gasteiger partial charge in [0.15, 0.2) is 0 Å². The van der Waals surface area contributed by atoms with Crippen LogP contribution in [-0.4, -0.2) is 19.6 Å². The molecule has 5 heteroatoms. The van der Waals surface area contributed by atoms with E-state index < -0.39 is 5.82 Å². The Morgan fingerprint density at radius 3 is 2.76 bits per heavy atom. The number of carbonyl (C=O) groups excluding carboxylic acids is 1. The number of anilines is 1. The SMILES string of the molecule is CCC(CN)C(=O)Nc1cc(F)cc(OC)c1. The van der Waals surface area contributed by atoms with Gasteiger partial charge < -0.3 is 15.8 Å². The molecule has 3 N–H and O–H groups in total. The average molecular weight is 240 g/mol. The van der Waals surface area contributed by atoms with Gasteiger partial charge in [0.25, 0.3) is 0 Å². The minimum atomic E-state index is -0.458. The first kappa shape index (κ1) is 13.4. The normalized spacial score (nSPS) is 12.0. The highest BCUT2D eigenvalue weighted by atomic mass is 19.1. The van der Waals surface area contributed by atoms with Gasteiger partial charge in [-0.1, -0.05) is 6.92 Å². The van der Waals surface area contributed by atoms with Crippen LogP contribution in [0.15, 0.2) is 18.2 Å². The van der Waals surface area contributed by atoms with Gasteiger partial charge in [-0.25, -0.2) is 4.39 Å². The number of hydrogen-bond acceptors (Lipinski definition) is 3. The van der Waals surface area contributed by atoms with Crippen molar-refractivity contribution in [1.29, 1.82) is 0 Å². The fraction of sp³-hybridized carbons (Fsp3) is 0.417. The van der Waals surface area contributed by atoms with E-state index in [4.69, 9.17) is 10.5 Å². The minimum Gasteiger partial charge on any atom is -0.497 e. The van der Waals surface area contributed by atoms with E-state index in [1.54, 1.807) is 6.07 Å². The van der Waals surface area contributed by atoms with Crippen molar-refractivity contribution in [2.75, 3.05) is 19.0 Å². The molecule has 4 nitrogen and oxygen atoms in total. The zero-order valence-electron chi connectivity index (χ0n) is 10.00. The molecule has 1 aromatic rings. The zero-order valence-corrected chi connectivity index (χ0v) is 10.00. The molecule has 0 radical (unpaired) electrons. The smallest absolute Gasteiger partial charge is 0.228 e. The molecule has 0 aromatic heterocycles. The van der Waals surface area contributed by atoms with E-state index in [9.17, 15) is 9.18 Å². The number of rotatable bonds is 5. The fourth-order valence-electron chi connectivity index (χ4n) is 1.46. The van der Waals surface area contributed by atoms with E-state index in [1.807, 2.05) is 6.92 Å². The van der Waals surface area contributed by atoms with Crippen LogP contribution in [0.3, 0.4) is 0 Å². The van der Waals surface area contributed by atoms with Crippen LogP contribution < -0.4 is 15.8 Å². The maximum absolute atomic E-state index is 13.2. The first-order valence-corrected chi connectivity index (χ1v) is 5.46. The van der Waals surface area contributed by atoms with Crippen molar-refractivity contribution in [2.45, 2.75) is 13.3 Å². The van der Waals surface area contributed by atoms with Crippen LogP contribution in [0.2, 0.25) is 0 Å². The van der Waals surface area contributed by atoms with Crippen LogP contribution in [0, 0.1) is 11.7 Å². The average Bonchev–Trinajstić information content (AvgIpc) is 2.29. The Morgan fingerprint density at radius 1 is 1.53 bits per heavy atom. The molecule has 0 saturated carbocycles. The summed E-state index contributed by atoms with van der Waals surface area (Å²) in [5.41, 5.74) is 5.84. The molecule has 1 rings (SSSR count). The van der Waals surface area contributed by atoms with Crippen molar-refractivity contribution in [3.8, 4) is 5.75 Å². The lowest BCUT2D eigenvalue weighted by atomic mass is 10.1. The highest BCUT2D eigenvalue weighted by molar-refractivity contribution is 5.92. The van der Waals surface area contributed by atoms with Crippen LogP contribution in [-0.2, 0) is 4.79 Å². The van der Waals surface area contributed by atoms with Gasteiger partial charge in [0, 0.05) is 24.4 Å². The molecule has 0 bridgehead atoms. The summed E-state index contributed by atoms with van der Waals surface area (Å²) in [4.78, 5) is 11.7.